The van der Waals surface area contributed by atoms with E-state index in [0.29, 0.717) is 12.8 Å². The molecule has 41 heavy (non-hydrogen) atoms. The summed E-state index contributed by atoms with van der Waals surface area (Å²) >= 11 is 6.25. The van der Waals surface area contributed by atoms with Crippen LogP contribution in [0.2, 0.25) is 0 Å². The summed E-state index contributed by atoms with van der Waals surface area (Å²) in [4.78, 5) is 30.4. The third kappa shape index (κ3) is 17.2. The van der Waals surface area contributed by atoms with E-state index in [1.54, 1.807) is 56.8 Å². The van der Waals surface area contributed by atoms with Gasteiger partial charge in [0.05, 0.1) is 5.38 Å². The first-order valence-electron chi connectivity index (χ1n) is 13.4. The maximum Gasteiger partial charge on any atom is 0.135 e. The maximum absolute atomic E-state index is 11.4. The van der Waals surface area contributed by atoms with E-state index < -0.39 is 0 Å². The molecule has 0 aliphatic heterocycles. The number of alkyl halides is 1. The Kier molecular flexibility index (Phi) is 21.2. The fourth-order valence-corrected chi connectivity index (χ4v) is 3.39. The van der Waals surface area contributed by atoms with Gasteiger partial charge in [-0.15, -0.1) is 11.6 Å². The van der Waals surface area contributed by atoms with Gasteiger partial charge in [0.15, 0.2) is 0 Å². The quantitative estimate of drug-likeness (QED) is 0.101. The van der Waals surface area contributed by atoms with E-state index in [-0.39, 0.29) is 60.5 Å². The van der Waals surface area contributed by atoms with Gasteiger partial charge in [-0.3, -0.25) is 19.6 Å². The van der Waals surface area contributed by atoms with Crippen LogP contribution in [-0.2, 0) is 42.3 Å². The second-order valence-electron chi connectivity index (χ2n) is 10.2. The maximum atomic E-state index is 11.4. The van der Waals surface area contributed by atoms with E-state index in [0.717, 1.165) is 21.4 Å². The van der Waals surface area contributed by atoms with Crippen LogP contribution in [0.1, 0.15) is 90.3 Å². The molecule has 3 rings (SSSR count). The molecule has 1 unspecified atom stereocenters. The SMILES string of the molecule is C=Cc1ccncc1.CC.CC(=O)C(C)(C)CC(Cl)c1ccncc1.CC(=O)C(C)(C)C[CH-]c1cc[n+]([O-])cc1.[Y]. The predicted molar refractivity (Wildman–Crippen MR) is 165 cm³/mol. The Morgan fingerprint density at radius 3 is 1.76 bits per heavy atom. The van der Waals surface area contributed by atoms with Crippen LogP contribution in [0.15, 0.2) is 80.2 Å². The minimum absolute atomic E-state index is 0. The van der Waals surface area contributed by atoms with Crippen LogP contribution >= 0.6 is 11.6 Å². The van der Waals surface area contributed by atoms with Gasteiger partial charge >= 0.3 is 0 Å². The molecule has 0 aliphatic carbocycles. The van der Waals surface area contributed by atoms with Gasteiger partial charge in [0.2, 0.25) is 0 Å². The average molecular weight is 656 g/mol. The minimum atomic E-state index is -0.365. The summed E-state index contributed by atoms with van der Waals surface area (Å²) in [5.74, 6) is 0.343. The molecule has 221 valence electrons. The van der Waals surface area contributed by atoms with Gasteiger partial charge in [-0.1, -0.05) is 72.8 Å². The summed E-state index contributed by atoms with van der Waals surface area (Å²) in [6.45, 7) is 18.5. The molecule has 0 spiro atoms. The van der Waals surface area contributed by atoms with Crippen LogP contribution in [0, 0.1) is 22.5 Å². The van der Waals surface area contributed by atoms with Crippen LogP contribution in [0.4, 0.5) is 0 Å². The van der Waals surface area contributed by atoms with Crippen molar-refractivity contribution in [3.63, 3.8) is 0 Å². The van der Waals surface area contributed by atoms with Crippen molar-refractivity contribution in [3.05, 3.63) is 108 Å². The number of halogens is 1. The van der Waals surface area contributed by atoms with Gasteiger partial charge in [-0.2, -0.15) is 12.0 Å². The van der Waals surface area contributed by atoms with E-state index in [1.165, 1.54) is 12.4 Å². The van der Waals surface area contributed by atoms with Crippen molar-refractivity contribution in [1.82, 2.24) is 9.97 Å². The Morgan fingerprint density at radius 1 is 0.927 bits per heavy atom. The Balaban J connectivity index is 0. The summed E-state index contributed by atoms with van der Waals surface area (Å²) in [6, 6.07) is 11.1. The summed E-state index contributed by atoms with van der Waals surface area (Å²) in [6.07, 6.45) is 14.9. The number of aromatic nitrogens is 3. The van der Waals surface area contributed by atoms with Crippen LogP contribution in [0.3, 0.4) is 0 Å². The first kappa shape index (κ1) is 40.7. The number of hydrogen-bond donors (Lipinski definition) is 0. The van der Waals surface area contributed by atoms with Crippen LogP contribution in [0.25, 0.3) is 6.08 Å². The van der Waals surface area contributed by atoms with Gasteiger partial charge in [0.1, 0.15) is 24.0 Å². The first-order chi connectivity index (χ1) is 18.8. The molecule has 0 saturated heterocycles. The average Bonchev–Trinajstić information content (AvgIpc) is 2.95. The number of hydrogen-bond acceptors (Lipinski definition) is 5. The molecule has 3 aromatic rings. The number of pyridine rings is 3. The normalized spacial score (nSPS) is 10.9. The van der Waals surface area contributed by atoms with Crippen LogP contribution < -0.4 is 4.73 Å². The monoisotopic (exact) mass is 655 g/mol. The molecule has 8 heteroatoms. The zero-order valence-corrected chi connectivity index (χ0v) is 29.4. The van der Waals surface area contributed by atoms with Crippen LogP contribution in [-0.4, -0.2) is 21.5 Å². The van der Waals surface area contributed by atoms with Gasteiger partial charge in [-0.05, 0) is 55.7 Å². The molecule has 6 nitrogen and oxygen atoms in total. The smallest absolute Gasteiger partial charge is 0.135 e. The fourth-order valence-electron chi connectivity index (χ4n) is 2.86. The Bertz CT molecular complexity index is 1140. The molecular formula is C33H45ClN3O3Y-. The molecule has 3 aromatic heterocycles. The third-order valence-electron chi connectivity index (χ3n) is 6.28. The second-order valence-corrected chi connectivity index (χ2v) is 10.7. The number of ketones is 2. The van der Waals surface area contributed by atoms with Crippen molar-refractivity contribution in [2.75, 3.05) is 0 Å². The van der Waals surface area contributed by atoms with Gasteiger partial charge in [0.25, 0.3) is 0 Å². The topological polar surface area (TPSA) is 86.9 Å². The second kappa shape index (κ2) is 21.3. The Hall–Kier alpha value is -2.41. The number of nitrogens with zero attached hydrogens (tertiary/aromatic N) is 3. The molecule has 0 saturated carbocycles. The van der Waals surface area contributed by atoms with Gasteiger partial charge in [-0.25, -0.2) is 4.73 Å². The van der Waals surface area contributed by atoms with E-state index in [4.69, 9.17) is 11.6 Å². The van der Waals surface area contributed by atoms with E-state index in [2.05, 4.69) is 16.5 Å². The molecule has 0 aliphatic rings. The van der Waals surface area contributed by atoms with Crippen molar-refractivity contribution < 1.29 is 47.0 Å². The standard InChI is InChI=1S/C12H16ClNO.C12H16NO2.C7H7N.C2H6.Y/c1-9(15)12(2,3)8-11(13)10-4-6-14-7-5-10;1-10(14)12(2,3)7-4-11-5-8-13(15)9-6-11;1-2-7-3-5-8-6-4-7;1-2;/h4-7,11H,8H2,1-3H3;4-6,8-9H,7H2,1-3H3;2-6H,1H2;1-2H3;/q;-1;;;. The van der Waals surface area contributed by atoms with E-state index >= 15 is 0 Å². The number of Topliss-reactive ketones (excluding diaryl/α,β-unsaturated/α-hetero) is 2. The predicted octanol–water partition coefficient (Wildman–Crippen LogP) is 7.99. The summed E-state index contributed by atoms with van der Waals surface area (Å²) in [5, 5.41) is 10.6. The molecule has 1 radical (unpaired) electrons. The molecular weight excluding hydrogens is 611 g/mol. The number of rotatable bonds is 9. The minimum Gasteiger partial charge on any atom is -0.620 e. The summed E-state index contributed by atoms with van der Waals surface area (Å²) < 4.78 is 0.744. The fraction of sp³-hybridized carbons (Fsp3) is 0.394. The summed E-state index contributed by atoms with van der Waals surface area (Å²) in [5.41, 5.74) is 2.40. The van der Waals surface area contributed by atoms with E-state index in [1.807, 2.05) is 72.2 Å². The Labute approximate surface area is 277 Å². The number of carbonyl (C=O) groups is 2. The van der Waals surface area contributed by atoms with Crippen molar-refractivity contribution in [3.8, 4) is 0 Å². The van der Waals surface area contributed by atoms with E-state index in [9.17, 15) is 14.8 Å². The van der Waals surface area contributed by atoms with Crippen molar-refractivity contribution in [2.45, 2.75) is 73.6 Å². The molecule has 0 fully saturated rings. The first-order valence-corrected chi connectivity index (χ1v) is 13.8. The van der Waals surface area contributed by atoms with Crippen molar-refractivity contribution >= 4 is 29.2 Å². The third-order valence-corrected chi connectivity index (χ3v) is 6.69. The molecule has 0 N–H and O–H groups in total. The summed E-state index contributed by atoms with van der Waals surface area (Å²) in [7, 11) is 0. The zero-order chi connectivity index (χ0) is 30.8. The molecule has 1 atom stereocenters. The van der Waals surface area contributed by atoms with Crippen molar-refractivity contribution in [1.29, 1.82) is 0 Å². The largest absolute Gasteiger partial charge is 0.620 e. The zero-order valence-electron chi connectivity index (χ0n) is 25.8. The number of carbonyl (C=O) groups excluding carboxylic acids is 2. The Morgan fingerprint density at radius 2 is 1.37 bits per heavy atom. The van der Waals surface area contributed by atoms with Gasteiger partial charge in [0, 0.05) is 68.3 Å². The van der Waals surface area contributed by atoms with Gasteiger partial charge < -0.3 is 5.21 Å². The molecule has 3 heterocycles. The molecule has 0 amide bonds. The molecule has 0 bridgehead atoms. The molecule has 0 aromatic carbocycles. The van der Waals surface area contributed by atoms with Crippen molar-refractivity contribution in [2.24, 2.45) is 10.8 Å². The van der Waals surface area contributed by atoms with Crippen LogP contribution in [0.5, 0.6) is 0 Å².